The number of hydrogen-bond acceptors (Lipinski definition) is 3. The molecule has 1 aromatic carbocycles. The molecule has 1 rings (SSSR count). The lowest BCUT2D eigenvalue weighted by Gasteiger charge is -2.08. The normalized spacial score (nSPS) is 12.0. The molecule has 5 heteroatoms. The van der Waals surface area contributed by atoms with Crippen molar-refractivity contribution in [1.29, 1.82) is 0 Å². The Morgan fingerprint density at radius 1 is 1.29 bits per heavy atom. The largest absolute Gasteiger partial charge is 0.300 e. The van der Waals surface area contributed by atoms with Crippen LogP contribution in [0, 0.1) is 5.82 Å². The van der Waals surface area contributed by atoms with Crippen LogP contribution >= 0.6 is 0 Å². The first kappa shape index (κ1) is 11.1. The fraction of sp³-hybridized carbons (Fsp3) is 0.333. The van der Waals surface area contributed by atoms with Gasteiger partial charge in [0.15, 0.2) is 0 Å². The number of hydrogen-bond donors (Lipinski definition) is 0. The molecule has 0 unspecified atom stereocenters. The lowest BCUT2D eigenvalue weighted by atomic mass is 10.4. The second-order valence-electron chi connectivity index (χ2n) is 3.03. The van der Waals surface area contributed by atoms with Gasteiger partial charge >= 0.3 is 0 Å². The Morgan fingerprint density at radius 3 is 2.36 bits per heavy atom. The Labute approximate surface area is 82.6 Å². The second-order valence-corrected chi connectivity index (χ2v) is 4.57. The highest BCUT2D eigenvalue weighted by atomic mass is 32.2. The molecule has 0 fully saturated rings. The van der Waals surface area contributed by atoms with Crippen LogP contribution in [0.3, 0.4) is 0 Å². The molecule has 0 N–H and O–H groups in total. The molecule has 0 spiro atoms. The van der Waals surface area contributed by atoms with Crippen molar-refractivity contribution in [1.82, 2.24) is 0 Å². The molecule has 1 aromatic rings. The van der Waals surface area contributed by atoms with E-state index < -0.39 is 26.9 Å². The monoisotopic (exact) mass is 218 g/mol. The predicted octanol–water partition coefficient (Wildman–Crippen LogP) is 1.94. The zero-order valence-corrected chi connectivity index (χ0v) is 8.71. The maximum Gasteiger partial charge on any atom is 0.300 e. The van der Waals surface area contributed by atoms with Crippen LogP contribution in [0.4, 0.5) is 4.39 Å². The van der Waals surface area contributed by atoms with E-state index in [9.17, 15) is 12.8 Å². The molecule has 0 aromatic heterocycles. The van der Waals surface area contributed by atoms with E-state index in [1.807, 2.05) is 0 Å². The molecule has 78 valence electrons. The van der Waals surface area contributed by atoms with Gasteiger partial charge in [-0.1, -0.05) is 12.1 Å². The fourth-order valence-electron chi connectivity index (χ4n) is 0.953. The Kier molecular flexibility index (Phi) is 3.23. The third kappa shape index (κ3) is 2.52. The van der Waals surface area contributed by atoms with Gasteiger partial charge < -0.3 is 0 Å². The molecule has 0 saturated carbocycles. The minimum atomic E-state index is -3.97. The van der Waals surface area contributed by atoms with Gasteiger partial charge in [0.25, 0.3) is 10.1 Å². The van der Waals surface area contributed by atoms with Crippen molar-refractivity contribution in [2.45, 2.75) is 24.8 Å². The third-order valence-corrected chi connectivity index (χ3v) is 2.93. The third-order valence-electron chi connectivity index (χ3n) is 1.43. The van der Waals surface area contributed by atoms with Crippen molar-refractivity contribution in [3.8, 4) is 0 Å². The zero-order valence-electron chi connectivity index (χ0n) is 7.90. The average molecular weight is 218 g/mol. The molecular weight excluding hydrogens is 207 g/mol. The van der Waals surface area contributed by atoms with E-state index in [-0.39, 0.29) is 0 Å². The molecule has 0 atom stereocenters. The van der Waals surface area contributed by atoms with Crippen LogP contribution in [0.25, 0.3) is 0 Å². The summed E-state index contributed by atoms with van der Waals surface area (Å²) in [4.78, 5) is -0.422. The minimum Gasteiger partial charge on any atom is -0.264 e. The van der Waals surface area contributed by atoms with E-state index in [0.29, 0.717) is 0 Å². The standard InChI is InChI=1S/C9H11FO3S/c1-7(2)13-14(11,12)9-6-4-3-5-8(9)10/h3-7H,1-2H3. The van der Waals surface area contributed by atoms with Crippen LogP contribution in [0.1, 0.15) is 13.8 Å². The second kappa shape index (κ2) is 4.06. The van der Waals surface area contributed by atoms with Crippen LogP contribution in [0.5, 0.6) is 0 Å². The maximum atomic E-state index is 13.1. The van der Waals surface area contributed by atoms with Gasteiger partial charge in [-0.2, -0.15) is 8.42 Å². The highest BCUT2D eigenvalue weighted by Gasteiger charge is 2.20. The van der Waals surface area contributed by atoms with Crippen molar-refractivity contribution in [2.75, 3.05) is 0 Å². The Bertz CT molecular complexity index is 412. The first-order chi connectivity index (χ1) is 6.43. The molecular formula is C9H11FO3S. The first-order valence-electron chi connectivity index (χ1n) is 4.11. The molecule has 0 radical (unpaired) electrons. The Morgan fingerprint density at radius 2 is 1.86 bits per heavy atom. The van der Waals surface area contributed by atoms with Gasteiger partial charge in [-0.15, -0.1) is 0 Å². The van der Waals surface area contributed by atoms with Gasteiger partial charge in [-0.3, -0.25) is 4.18 Å². The summed E-state index contributed by atoms with van der Waals surface area (Å²) in [5.74, 6) is -0.798. The van der Waals surface area contributed by atoms with Gasteiger partial charge in [0.05, 0.1) is 6.10 Å². The molecule has 0 aliphatic rings. The van der Waals surface area contributed by atoms with Crippen LogP contribution in [0.15, 0.2) is 29.2 Å². The fourth-order valence-corrected chi connectivity index (χ4v) is 2.12. The van der Waals surface area contributed by atoms with Gasteiger partial charge in [0, 0.05) is 0 Å². The zero-order chi connectivity index (χ0) is 10.8. The summed E-state index contributed by atoms with van der Waals surface area (Å²) >= 11 is 0. The van der Waals surface area contributed by atoms with Crippen LogP contribution < -0.4 is 0 Å². The predicted molar refractivity (Wildman–Crippen MR) is 49.8 cm³/mol. The minimum absolute atomic E-state index is 0.422. The quantitative estimate of drug-likeness (QED) is 0.728. The van der Waals surface area contributed by atoms with Crippen molar-refractivity contribution in [3.63, 3.8) is 0 Å². The summed E-state index contributed by atoms with van der Waals surface area (Å²) in [5.41, 5.74) is 0. The van der Waals surface area contributed by atoms with Crippen molar-refractivity contribution >= 4 is 10.1 Å². The average Bonchev–Trinajstić information content (AvgIpc) is 2.02. The van der Waals surface area contributed by atoms with E-state index in [1.165, 1.54) is 18.2 Å². The molecule has 0 heterocycles. The van der Waals surface area contributed by atoms with E-state index >= 15 is 0 Å². The highest BCUT2D eigenvalue weighted by molar-refractivity contribution is 7.86. The molecule has 0 aliphatic heterocycles. The van der Waals surface area contributed by atoms with E-state index in [0.717, 1.165) is 6.07 Å². The highest BCUT2D eigenvalue weighted by Crippen LogP contribution is 2.17. The van der Waals surface area contributed by atoms with Crippen LogP contribution in [0.2, 0.25) is 0 Å². The van der Waals surface area contributed by atoms with Gasteiger partial charge in [-0.05, 0) is 26.0 Å². The summed E-state index contributed by atoms with van der Waals surface area (Å²) in [5, 5.41) is 0. The number of halogens is 1. The molecule has 0 aliphatic carbocycles. The Balaban J connectivity index is 3.11. The number of benzene rings is 1. The molecule has 0 bridgehead atoms. The summed E-state index contributed by atoms with van der Waals surface area (Å²) in [6.45, 7) is 3.14. The topological polar surface area (TPSA) is 43.4 Å². The van der Waals surface area contributed by atoms with Gasteiger partial charge in [0.2, 0.25) is 0 Å². The summed E-state index contributed by atoms with van der Waals surface area (Å²) < 4.78 is 40.5. The smallest absolute Gasteiger partial charge is 0.264 e. The summed E-state index contributed by atoms with van der Waals surface area (Å²) in [6, 6.07) is 5.12. The molecule has 0 amide bonds. The lowest BCUT2D eigenvalue weighted by Crippen LogP contribution is -2.13. The van der Waals surface area contributed by atoms with Crippen molar-refractivity contribution in [3.05, 3.63) is 30.1 Å². The summed E-state index contributed by atoms with van der Waals surface area (Å²) in [6.07, 6.45) is -0.500. The number of rotatable bonds is 3. The molecule has 3 nitrogen and oxygen atoms in total. The summed E-state index contributed by atoms with van der Waals surface area (Å²) in [7, 11) is -3.97. The first-order valence-corrected chi connectivity index (χ1v) is 5.52. The lowest BCUT2D eigenvalue weighted by molar-refractivity contribution is 0.247. The van der Waals surface area contributed by atoms with E-state index in [4.69, 9.17) is 0 Å². The Hall–Kier alpha value is -0.940. The van der Waals surface area contributed by atoms with Gasteiger partial charge in [0.1, 0.15) is 10.7 Å². The molecule has 14 heavy (non-hydrogen) atoms. The van der Waals surface area contributed by atoms with Crippen LogP contribution in [-0.4, -0.2) is 14.5 Å². The molecule has 0 saturated heterocycles. The van der Waals surface area contributed by atoms with Crippen molar-refractivity contribution in [2.24, 2.45) is 0 Å². The van der Waals surface area contributed by atoms with Gasteiger partial charge in [-0.25, -0.2) is 4.39 Å². The van der Waals surface area contributed by atoms with Crippen molar-refractivity contribution < 1.29 is 17.0 Å². The maximum absolute atomic E-state index is 13.1. The van der Waals surface area contributed by atoms with E-state index in [1.54, 1.807) is 13.8 Å². The van der Waals surface area contributed by atoms with E-state index in [2.05, 4.69) is 4.18 Å². The SMILES string of the molecule is CC(C)OS(=O)(=O)c1ccccc1F. The van der Waals surface area contributed by atoms with Crippen LogP contribution in [-0.2, 0) is 14.3 Å².